The van der Waals surface area contributed by atoms with Crippen molar-refractivity contribution in [2.24, 2.45) is 0 Å². The number of morpholine rings is 1. The molecular weight excluding hydrogens is 399 g/mol. The lowest BCUT2D eigenvalue weighted by Gasteiger charge is -2.27. The number of fused-ring (bicyclic) bond motifs is 1. The minimum absolute atomic E-state index is 0. The number of aryl methyl sites for hydroxylation is 1. The number of rotatable bonds is 4. The summed E-state index contributed by atoms with van der Waals surface area (Å²) >= 11 is 0. The Hall–Kier alpha value is -2.84. The molecule has 0 bridgehead atoms. The highest BCUT2D eigenvalue weighted by atomic mass is 35.5. The maximum Gasteiger partial charge on any atom is 0.272 e. The summed E-state index contributed by atoms with van der Waals surface area (Å²) < 4.78 is 26.2. The molecule has 1 aromatic carbocycles. The third kappa shape index (κ3) is 3.99. The van der Waals surface area contributed by atoms with Gasteiger partial charge < -0.3 is 24.1 Å². The lowest BCUT2D eigenvalue weighted by molar-refractivity contribution is 0.0297. The SMILES string of the molecule is COc1ccc(F)cc1Nc1ncc(C(=O)N2CCOCC2)n2c(C)ccc12.Cl. The van der Waals surface area contributed by atoms with Gasteiger partial charge in [0.15, 0.2) is 5.82 Å². The molecule has 0 radical (unpaired) electrons. The van der Waals surface area contributed by atoms with Crippen molar-refractivity contribution in [2.75, 3.05) is 38.7 Å². The van der Waals surface area contributed by atoms with E-state index in [9.17, 15) is 9.18 Å². The number of ether oxygens (including phenoxy) is 2. The molecule has 1 saturated heterocycles. The summed E-state index contributed by atoms with van der Waals surface area (Å²) in [5, 5.41) is 3.12. The molecule has 154 valence electrons. The zero-order valence-corrected chi connectivity index (χ0v) is 17.0. The highest BCUT2D eigenvalue weighted by Crippen LogP contribution is 2.30. The molecule has 0 atom stereocenters. The Kier molecular flexibility index (Phi) is 6.24. The number of nitrogens with one attached hydrogen (secondary N) is 1. The third-order valence-corrected chi connectivity index (χ3v) is 4.81. The summed E-state index contributed by atoms with van der Waals surface area (Å²) in [7, 11) is 1.52. The molecule has 1 N–H and O–H groups in total. The second-order valence-corrected chi connectivity index (χ2v) is 6.56. The highest BCUT2D eigenvalue weighted by molar-refractivity contribution is 5.94. The summed E-state index contributed by atoms with van der Waals surface area (Å²) in [5.41, 5.74) is 2.57. The van der Waals surface area contributed by atoms with E-state index in [4.69, 9.17) is 9.47 Å². The Labute approximate surface area is 173 Å². The maximum atomic E-state index is 13.7. The second-order valence-electron chi connectivity index (χ2n) is 6.56. The van der Waals surface area contributed by atoms with Crippen molar-refractivity contribution in [1.82, 2.24) is 14.3 Å². The summed E-state index contributed by atoms with van der Waals surface area (Å²) in [6, 6.07) is 8.03. The van der Waals surface area contributed by atoms with Gasteiger partial charge in [0, 0.05) is 24.8 Å². The molecule has 0 unspecified atom stereocenters. The smallest absolute Gasteiger partial charge is 0.272 e. The number of anilines is 2. The Morgan fingerprint density at radius 3 is 2.72 bits per heavy atom. The van der Waals surface area contributed by atoms with Crippen LogP contribution < -0.4 is 10.1 Å². The van der Waals surface area contributed by atoms with Crippen LogP contribution in [0.15, 0.2) is 36.5 Å². The van der Waals surface area contributed by atoms with Gasteiger partial charge in [-0.1, -0.05) is 0 Å². The number of hydrogen-bond donors (Lipinski definition) is 1. The number of carbonyl (C=O) groups is 1. The number of amides is 1. The molecule has 4 rings (SSSR count). The number of methoxy groups -OCH3 is 1. The van der Waals surface area contributed by atoms with Crippen molar-refractivity contribution >= 4 is 35.3 Å². The lowest BCUT2D eigenvalue weighted by Crippen LogP contribution is -2.41. The van der Waals surface area contributed by atoms with E-state index in [1.807, 2.05) is 23.5 Å². The first-order chi connectivity index (χ1) is 13.6. The van der Waals surface area contributed by atoms with Crippen LogP contribution in [0.2, 0.25) is 0 Å². The molecule has 1 aliphatic heterocycles. The molecule has 29 heavy (non-hydrogen) atoms. The number of hydrogen-bond acceptors (Lipinski definition) is 5. The Morgan fingerprint density at radius 1 is 1.24 bits per heavy atom. The average Bonchev–Trinajstić information content (AvgIpc) is 3.11. The van der Waals surface area contributed by atoms with Crippen LogP contribution in [0.4, 0.5) is 15.9 Å². The van der Waals surface area contributed by atoms with Gasteiger partial charge in [0.05, 0.1) is 37.7 Å². The molecule has 1 amide bonds. The molecule has 0 saturated carbocycles. The number of nitrogens with zero attached hydrogens (tertiary/aromatic N) is 3. The van der Waals surface area contributed by atoms with E-state index in [-0.39, 0.29) is 24.1 Å². The normalized spacial score (nSPS) is 13.8. The van der Waals surface area contributed by atoms with Crippen LogP contribution in [0.3, 0.4) is 0 Å². The van der Waals surface area contributed by atoms with Gasteiger partial charge >= 0.3 is 0 Å². The zero-order chi connectivity index (χ0) is 19.7. The fraction of sp³-hybridized carbons (Fsp3) is 0.300. The molecule has 1 fully saturated rings. The molecule has 0 spiro atoms. The van der Waals surface area contributed by atoms with Crippen LogP contribution in [0.5, 0.6) is 5.75 Å². The molecule has 0 aliphatic carbocycles. The summed E-state index contributed by atoms with van der Waals surface area (Å²) in [4.78, 5) is 19.2. The molecule has 3 heterocycles. The van der Waals surface area contributed by atoms with Crippen LogP contribution in [0.25, 0.3) is 5.52 Å². The Bertz CT molecular complexity index is 1030. The largest absolute Gasteiger partial charge is 0.495 e. The number of aromatic nitrogens is 2. The standard InChI is InChI=1S/C20H21FN4O3.ClH/c1-13-3-5-16-19(23-15-11-14(21)4-6-18(15)27-2)22-12-17(25(13)16)20(26)24-7-9-28-10-8-24;/h3-6,11-12H,7-10H2,1-2H3,(H,22,23);1H. The second kappa shape index (κ2) is 8.67. The van der Waals surface area contributed by atoms with Gasteiger partial charge in [-0.15, -0.1) is 12.4 Å². The van der Waals surface area contributed by atoms with Gasteiger partial charge in [-0.2, -0.15) is 0 Å². The lowest BCUT2D eigenvalue weighted by atomic mass is 10.2. The first kappa shape index (κ1) is 20.9. The van der Waals surface area contributed by atoms with E-state index in [1.54, 1.807) is 17.2 Å². The number of carbonyl (C=O) groups excluding carboxylic acids is 1. The predicted octanol–water partition coefficient (Wildman–Crippen LogP) is 3.43. The van der Waals surface area contributed by atoms with E-state index < -0.39 is 0 Å². The van der Waals surface area contributed by atoms with Crippen molar-refractivity contribution in [3.05, 3.63) is 53.7 Å². The molecule has 1 aliphatic rings. The van der Waals surface area contributed by atoms with Crippen LogP contribution in [-0.4, -0.2) is 53.6 Å². The van der Waals surface area contributed by atoms with Crippen molar-refractivity contribution < 1.29 is 18.7 Å². The minimum atomic E-state index is -0.384. The van der Waals surface area contributed by atoms with Gasteiger partial charge in [0.2, 0.25) is 0 Å². The quantitative estimate of drug-likeness (QED) is 0.700. The molecule has 9 heteroatoms. The summed E-state index contributed by atoms with van der Waals surface area (Å²) in [5.74, 6) is 0.536. The van der Waals surface area contributed by atoms with Gasteiger partial charge in [-0.05, 0) is 31.2 Å². The number of halogens is 2. The Balaban J connectivity index is 0.00000240. The molecular formula is C20H22ClFN4O3. The minimum Gasteiger partial charge on any atom is -0.495 e. The van der Waals surface area contributed by atoms with E-state index in [1.165, 1.54) is 19.2 Å². The Morgan fingerprint density at radius 2 is 2.00 bits per heavy atom. The highest BCUT2D eigenvalue weighted by Gasteiger charge is 2.23. The van der Waals surface area contributed by atoms with Crippen LogP contribution in [0, 0.1) is 12.7 Å². The van der Waals surface area contributed by atoms with Crippen LogP contribution in [0.1, 0.15) is 16.2 Å². The van der Waals surface area contributed by atoms with Gasteiger partial charge in [-0.3, -0.25) is 4.79 Å². The van der Waals surface area contributed by atoms with E-state index in [2.05, 4.69) is 10.3 Å². The third-order valence-electron chi connectivity index (χ3n) is 4.81. The van der Waals surface area contributed by atoms with Crippen molar-refractivity contribution in [2.45, 2.75) is 6.92 Å². The zero-order valence-electron chi connectivity index (χ0n) is 16.1. The van der Waals surface area contributed by atoms with Crippen molar-refractivity contribution in [3.63, 3.8) is 0 Å². The molecule has 2 aromatic heterocycles. The van der Waals surface area contributed by atoms with Crippen molar-refractivity contribution in [3.8, 4) is 5.75 Å². The van der Waals surface area contributed by atoms with E-state index in [0.717, 1.165) is 11.2 Å². The van der Waals surface area contributed by atoms with Gasteiger partial charge in [0.1, 0.15) is 17.3 Å². The van der Waals surface area contributed by atoms with E-state index in [0.29, 0.717) is 49.3 Å². The van der Waals surface area contributed by atoms with Gasteiger partial charge in [0.25, 0.3) is 5.91 Å². The summed E-state index contributed by atoms with van der Waals surface area (Å²) in [6.45, 7) is 4.11. The topological polar surface area (TPSA) is 68.1 Å². The average molecular weight is 421 g/mol. The first-order valence-corrected chi connectivity index (χ1v) is 9.03. The summed E-state index contributed by atoms with van der Waals surface area (Å²) in [6.07, 6.45) is 1.55. The van der Waals surface area contributed by atoms with Crippen molar-refractivity contribution in [1.29, 1.82) is 0 Å². The monoisotopic (exact) mass is 420 g/mol. The first-order valence-electron chi connectivity index (χ1n) is 9.03. The maximum absolute atomic E-state index is 13.7. The molecule has 3 aromatic rings. The van der Waals surface area contributed by atoms with Crippen LogP contribution in [-0.2, 0) is 4.74 Å². The predicted molar refractivity (Wildman–Crippen MR) is 110 cm³/mol. The fourth-order valence-electron chi connectivity index (χ4n) is 3.37. The molecule has 7 nitrogen and oxygen atoms in total. The van der Waals surface area contributed by atoms with E-state index >= 15 is 0 Å². The fourth-order valence-corrected chi connectivity index (χ4v) is 3.37. The van der Waals surface area contributed by atoms with Gasteiger partial charge in [-0.25, -0.2) is 9.37 Å². The number of benzene rings is 1. The van der Waals surface area contributed by atoms with Crippen LogP contribution >= 0.6 is 12.4 Å².